The number of esters is 1. The smallest absolute Gasteiger partial charge is 0.348 e. The minimum absolute atomic E-state index is 0.0337. The summed E-state index contributed by atoms with van der Waals surface area (Å²) in [5.74, 6) is -0.841. The quantitative estimate of drug-likeness (QED) is 0.621. The summed E-state index contributed by atoms with van der Waals surface area (Å²) in [6.45, 7) is 7.35. The second kappa shape index (κ2) is 5.62. The van der Waals surface area contributed by atoms with Gasteiger partial charge in [0.1, 0.15) is 15.7 Å². The summed E-state index contributed by atoms with van der Waals surface area (Å²) in [7, 11) is -3.58. The molecule has 120 valence electrons. The highest BCUT2D eigenvalue weighted by Crippen LogP contribution is 2.43. The number of carbonyl (C=O) groups is 2. The monoisotopic (exact) mass is 342 g/mol. The Morgan fingerprint density at radius 2 is 2.05 bits per heavy atom. The van der Waals surface area contributed by atoms with Crippen molar-refractivity contribution < 1.29 is 22.7 Å². The van der Waals surface area contributed by atoms with E-state index in [9.17, 15) is 18.0 Å². The van der Waals surface area contributed by atoms with Crippen LogP contribution in [0.4, 0.5) is 0 Å². The average Bonchev–Trinajstić information content (AvgIpc) is 2.73. The number of Topliss-reactive ketones (excluding diaryl/α,β-unsaturated/α-hetero) is 1. The first-order valence-corrected chi connectivity index (χ1v) is 9.44. The largest absolute Gasteiger partial charge is 0.457 e. The third-order valence-corrected chi connectivity index (χ3v) is 6.45. The number of rotatable bonds is 4. The van der Waals surface area contributed by atoms with Gasteiger partial charge in [-0.2, -0.15) is 0 Å². The molecule has 1 heterocycles. The first-order valence-electron chi connectivity index (χ1n) is 6.74. The lowest BCUT2D eigenvalue weighted by molar-refractivity contribution is 0.0553. The second-order valence-corrected chi connectivity index (χ2v) is 9.40. The Labute approximate surface area is 133 Å². The Morgan fingerprint density at radius 1 is 1.41 bits per heavy atom. The third kappa shape index (κ3) is 3.15. The van der Waals surface area contributed by atoms with E-state index in [0.717, 1.165) is 17.6 Å². The maximum atomic E-state index is 12.4. The SMILES string of the molecule is C=CCOC(=O)c1sc(S(C)(=O)=O)c2c1CC(C)(C)CC2=O. The predicted octanol–water partition coefficient (Wildman–Crippen LogP) is 2.65. The van der Waals surface area contributed by atoms with Crippen molar-refractivity contribution in [3.8, 4) is 0 Å². The van der Waals surface area contributed by atoms with E-state index in [1.807, 2.05) is 13.8 Å². The normalized spacial score (nSPS) is 17.0. The molecule has 0 saturated carbocycles. The fourth-order valence-electron chi connectivity index (χ4n) is 2.58. The van der Waals surface area contributed by atoms with Crippen LogP contribution in [-0.2, 0) is 21.0 Å². The number of thiophene rings is 1. The zero-order valence-electron chi connectivity index (χ0n) is 12.8. The zero-order valence-corrected chi connectivity index (χ0v) is 14.4. The Balaban J connectivity index is 2.64. The summed E-state index contributed by atoms with van der Waals surface area (Å²) < 4.78 is 28.9. The minimum Gasteiger partial charge on any atom is -0.457 e. The van der Waals surface area contributed by atoms with Crippen LogP contribution in [0.25, 0.3) is 0 Å². The van der Waals surface area contributed by atoms with Crippen molar-refractivity contribution in [1.29, 1.82) is 0 Å². The summed E-state index contributed by atoms with van der Waals surface area (Å²) in [5.41, 5.74) is 0.367. The highest BCUT2D eigenvalue weighted by atomic mass is 32.2. The first-order chi connectivity index (χ1) is 10.1. The predicted molar refractivity (Wildman–Crippen MR) is 84.3 cm³/mol. The molecule has 1 aliphatic carbocycles. The number of ether oxygens (including phenoxy) is 1. The van der Waals surface area contributed by atoms with Gasteiger partial charge in [0.25, 0.3) is 0 Å². The Hall–Kier alpha value is -1.47. The number of fused-ring (bicyclic) bond motifs is 1. The maximum Gasteiger partial charge on any atom is 0.348 e. The van der Waals surface area contributed by atoms with Gasteiger partial charge in [0.2, 0.25) is 0 Å². The highest BCUT2D eigenvalue weighted by Gasteiger charge is 2.39. The van der Waals surface area contributed by atoms with E-state index in [4.69, 9.17) is 4.74 Å². The van der Waals surface area contributed by atoms with E-state index < -0.39 is 15.8 Å². The molecule has 1 aromatic rings. The van der Waals surface area contributed by atoms with Gasteiger partial charge in [0, 0.05) is 12.7 Å². The molecule has 0 fully saturated rings. The number of sulfone groups is 1. The van der Waals surface area contributed by atoms with Crippen molar-refractivity contribution in [3.05, 3.63) is 28.7 Å². The topological polar surface area (TPSA) is 77.5 Å². The lowest BCUT2D eigenvalue weighted by Gasteiger charge is -2.29. The molecule has 1 aromatic heterocycles. The number of hydrogen-bond donors (Lipinski definition) is 0. The van der Waals surface area contributed by atoms with Gasteiger partial charge in [-0.05, 0) is 17.4 Å². The molecule has 0 unspecified atom stereocenters. The maximum absolute atomic E-state index is 12.4. The van der Waals surface area contributed by atoms with Crippen LogP contribution < -0.4 is 0 Å². The Bertz CT molecular complexity index is 753. The molecule has 22 heavy (non-hydrogen) atoms. The Kier molecular flexibility index (Phi) is 4.32. The molecule has 5 nitrogen and oxygen atoms in total. The summed E-state index contributed by atoms with van der Waals surface area (Å²) in [4.78, 5) is 24.8. The van der Waals surface area contributed by atoms with E-state index in [-0.39, 0.29) is 38.9 Å². The molecule has 0 radical (unpaired) electrons. The van der Waals surface area contributed by atoms with Crippen LogP contribution in [0, 0.1) is 5.41 Å². The third-order valence-electron chi connectivity index (χ3n) is 3.40. The minimum atomic E-state index is -3.58. The van der Waals surface area contributed by atoms with Crippen LogP contribution in [0.15, 0.2) is 16.9 Å². The van der Waals surface area contributed by atoms with Crippen LogP contribution in [-0.4, -0.2) is 33.0 Å². The molecule has 0 N–H and O–H groups in total. The standard InChI is InChI=1S/C15H18O5S2/c1-5-6-20-13(17)12-9-7-15(2,3)8-10(16)11(9)14(21-12)22(4,18)19/h5H,1,6-8H2,2-4H3. The van der Waals surface area contributed by atoms with Crippen LogP contribution in [0.2, 0.25) is 0 Å². The van der Waals surface area contributed by atoms with Crippen molar-refractivity contribution in [2.75, 3.05) is 12.9 Å². The van der Waals surface area contributed by atoms with Gasteiger partial charge in [0.05, 0.1) is 5.56 Å². The lowest BCUT2D eigenvalue weighted by atomic mass is 9.74. The molecule has 0 aromatic carbocycles. The summed E-state index contributed by atoms with van der Waals surface area (Å²) in [6.07, 6.45) is 3.22. The average molecular weight is 342 g/mol. The van der Waals surface area contributed by atoms with Gasteiger partial charge in [-0.1, -0.05) is 26.5 Å². The first kappa shape index (κ1) is 16.9. The number of carbonyl (C=O) groups excluding carboxylic acids is 2. The summed E-state index contributed by atoms with van der Waals surface area (Å²) in [6, 6.07) is 0. The molecular weight excluding hydrogens is 324 g/mol. The van der Waals surface area contributed by atoms with Gasteiger partial charge in [-0.25, -0.2) is 13.2 Å². The molecule has 0 atom stereocenters. The molecular formula is C15H18O5S2. The van der Waals surface area contributed by atoms with Crippen molar-refractivity contribution >= 4 is 32.9 Å². The molecule has 0 spiro atoms. The summed E-state index contributed by atoms with van der Waals surface area (Å²) >= 11 is 0.828. The van der Waals surface area contributed by atoms with Gasteiger partial charge in [-0.3, -0.25) is 4.79 Å². The molecule has 1 aliphatic rings. The second-order valence-electron chi connectivity index (χ2n) is 6.17. The summed E-state index contributed by atoms with van der Waals surface area (Å²) in [5, 5.41) is 0. The van der Waals surface area contributed by atoms with Crippen LogP contribution in [0.3, 0.4) is 0 Å². The van der Waals surface area contributed by atoms with Gasteiger partial charge in [0.15, 0.2) is 15.6 Å². The van der Waals surface area contributed by atoms with E-state index in [0.29, 0.717) is 12.0 Å². The molecule has 7 heteroatoms. The van der Waals surface area contributed by atoms with Crippen molar-refractivity contribution in [3.63, 3.8) is 0 Å². The van der Waals surface area contributed by atoms with E-state index in [1.165, 1.54) is 6.08 Å². The fourth-order valence-corrected chi connectivity index (χ4v) is 5.01. The van der Waals surface area contributed by atoms with Crippen LogP contribution in [0.1, 0.15) is 45.9 Å². The zero-order chi connectivity index (χ0) is 16.7. The molecule has 0 bridgehead atoms. The molecule has 0 amide bonds. The van der Waals surface area contributed by atoms with E-state index in [1.54, 1.807) is 0 Å². The lowest BCUT2D eigenvalue weighted by Crippen LogP contribution is -2.28. The van der Waals surface area contributed by atoms with Crippen molar-refractivity contribution in [1.82, 2.24) is 0 Å². The van der Waals surface area contributed by atoms with Crippen LogP contribution >= 0.6 is 11.3 Å². The van der Waals surface area contributed by atoms with Gasteiger partial charge in [-0.15, -0.1) is 11.3 Å². The van der Waals surface area contributed by atoms with E-state index >= 15 is 0 Å². The highest BCUT2D eigenvalue weighted by molar-refractivity contribution is 7.92. The Morgan fingerprint density at radius 3 is 2.59 bits per heavy atom. The van der Waals surface area contributed by atoms with Crippen molar-refractivity contribution in [2.24, 2.45) is 5.41 Å². The van der Waals surface area contributed by atoms with Crippen molar-refractivity contribution in [2.45, 2.75) is 30.9 Å². The van der Waals surface area contributed by atoms with E-state index in [2.05, 4.69) is 6.58 Å². The molecule has 0 saturated heterocycles. The molecule has 0 aliphatic heterocycles. The fraction of sp³-hybridized carbons (Fsp3) is 0.467. The number of ketones is 1. The van der Waals surface area contributed by atoms with Gasteiger partial charge < -0.3 is 4.74 Å². The van der Waals surface area contributed by atoms with Gasteiger partial charge >= 0.3 is 5.97 Å². The number of hydrogen-bond acceptors (Lipinski definition) is 6. The molecule has 2 rings (SSSR count). The van der Waals surface area contributed by atoms with Crippen LogP contribution in [0.5, 0.6) is 0 Å².